The van der Waals surface area contributed by atoms with Crippen molar-refractivity contribution in [1.82, 2.24) is 9.80 Å². The van der Waals surface area contributed by atoms with Crippen LogP contribution in [-0.2, 0) is 9.59 Å². The van der Waals surface area contributed by atoms with Crippen molar-refractivity contribution in [3.63, 3.8) is 0 Å². The smallest absolute Gasteiger partial charge is 0.295 e. The average molecular weight is 451 g/mol. The normalized spacial score (nSPS) is 17.7. The molecule has 6 heteroatoms. The first-order valence-electron chi connectivity index (χ1n) is 11.6. The van der Waals surface area contributed by atoms with E-state index in [-0.39, 0.29) is 11.3 Å². The molecule has 6 nitrogen and oxygen atoms in total. The zero-order valence-electron chi connectivity index (χ0n) is 20.0. The Bertz CT molecular complexity index is 1010. The van der Waals surface area contributed by atoms with Gasteiger partial charge in [0.05, 0.1) is 18.2 Å². The lowest BCUT2D eigenvalue weighted by Crippen LogP contribution is -2.35. The molecule has 1 saturated heterocycles. The van der Waals surface area contributed by atoms with Crippen LogP contribution in [0.15, 0.2) is 54.1 Å². The van der Waals surface area contributed by atoms with Crippen LogP contribution in [0.3, 0.4) is 0 Å². The van der Waals surface area contributed by atoms with Crippen molar-refractivity contribution in [1.29, 1.82) is 0 Å². The Kier molecular flexibility index (Phi) is 8.28. The number of aryl methyl sites for hydroxylation is 1. The molecule has 2 aromatic carbocycles. The zero-order chi connectivity index (χ0) is 24.0. The van der Waals surface area contributed by atoms with Crippen molar-refractivity contribution in [2.75, 3.05) is 33.8 Å². The summed E-state index contributed by atoms with van der Waals surface area (Å²) >= 11 is 0. The standard InChI is InChI=1S/C27H34N2O4/c1-5-6-7-17-33-22-10-8-9-21(18-22)24-23(25(30)20-13-11-19(2)12-14-20)26(31)27(32)29(24)16-15-28(3)4/h8-14,18,24,30H,5-7,15-17H2,1-4H3. The second kappa shape index (κ2) is 11.1. The van der Waals surface area contributed by atoms with E-state index >= 15 is 0 Å². The molecule has 1 aliphatic rings. The van der Waals surface area contributed by atoms with Crippen LogP contribution in [0.4, 0.5) is 0 Å². The Balaban J connectivity index is 2.03. The molecule has 0 bridgehead atoms. The Morgan fingerprint density at radius 3 is 2.48 bits per heavy atom. The molecule has 1 atom stereocenters. The highest BCUT2D eigenvalue weighted by Crippen LogP contribution is 2.40. The molecule has 0 radical (unpaired) electrons. The zero-order valence-corrected chi connectivity index (χ0v) is 20.0. The number of ketones is 1. The quantitative estimate of drug-likeness (QED) is 0.249. The predicted molar refractivity (Wildman–Crippen MR) is 130 cm³/mol. The molecule has 33 heavy (non-hydrogen) atoms. The molecular weight excluding hydrogens is 416 g/mol. The van der Waals surface area contributed by atoms with E-state index in [4.69, 9.17) is 4.74 Å². The number of rotatable bonds is 10. The Labute approximate surface area is 196 Å². The van der Waals surface area contributed by atoms with Crippen LogP contribution in [0.1, 0.15) is 48.9 Å². The summed E-state index contributed by atoms with van der Waals surface area (Å²) in [5, 5.41) is 11.1. The topological polar surface area (TPSA) is 70.1 Å². The summed E-state index contributed by atoms with van der Waals surface area (Å²) in [6, 6.07) is 14.1. The summed E-state index contributed by atoms with van der Waals surface area (Å²) in [6.07, 6.45) is 3.18. The molecule has 0 spiro atoms. The van der Waals surface area contributed by atoms with Crippen molar-refractivity contribution < 1.29 is 19.4 Å². The highest BCUT2D eigenvalue weighted by Gasteiger charge is 2.46. The lowest BCUT2D eigenvalue weighted by Gasteiger charge is -2.27. The highest BCUT2D eigenvalue weighted by atomic mass is 16.5. The Hall–Kier alpha value is -3.12. The molecule has 1 fully saturated rings. The maximum Gasteiger partial charge on any atom is 0.295 e. The molecule has 0 aliphatic carbocycles. The van der Waals surface area contributed by atoms with E-state index in [9.17, 15) is 14.7 Å². The number of carbonyl (C=O) groups excluding carboxylic acids is 2. The summed E-state index contributed by atoms with van der Waals surface area (Å²) in [6.45, 7) is 5.68. The van der Waals surface area contributed by atoms with Crippen LogP contribution in [-0.4, -0.2) is 60.4 Å². The Morgan fingerprint density at radius 1 is 1.09 bits per heavy atom. The highest BCUT2D eigenvalue weighted by molar-refractivity contribution is 6.46. The third-order valence-electron chi connectivity index (χ3n) is 5.84. The SMILES string of the molecule is CCCCCOc1cccc(C2C(=C(O)c3ccc(C)cc3)C(=O)C(=O)N2CCN(C)C)c1. The summed E-state index contributed by atoms with van der Waals surface area (Å²) in [5.41, 5.74) is 2.42. The minimum absolute atomic E-state index is 0.116. The Morgan fingerprint density at radius 2 is 1.82 bits per heavy atom. The fourth-order valence-corrected chi connectivity index (χ4v) is 3.95. The summed E-state index contributed by atoms with van der Waals surface area (Å²) in [4.78, 5) is 29.6. The summed E-state index contributed by atoms with van der Waals surface area (Å²) < 4.78 is 5.91. The molecular formula is C27H34N2O4. The minimum Gasteiger partial charge on any atom is -0.507 e. The van der Waals surface area contributed by atoms with Crippen molar-refractivity contribution in [2.45, 2.75) is 39.2 Å². The van der Waals surface area contributed by atoms with Crippen LogP contribution >= 0.6 is 0 Å². The van der Waals surface area contributed by atoms with Gasteiger partial charge in [0.1, 0.15) is 11.5 Å². The molecule has 1 heterocycles. The number of Topliss-reactive ketones (excluding diaryl/α,β-unsaturated/α-hetero) is 1. The largest absolute Gasteiger partial charge is 0.507 e. The van der Waals surface area contributed by atoms with E-state index < -0.39 is 17.7 Å². The molecule has 176 valence electrons. The van der Waals surface area contributed by atoms with Gasteiger partial charge in [-0.3, -0.25) is 9.59 Å². The number of aliphatic hydroxyl groups is 1. The molecule has 3 rings (SSSR count). The van der Waals surface area contributed by atoms with Crippen LogP contribution < -0.4 is 4.74 Å². The van der Waals surface area contributed by atoms with Crippen LogP contribution in [0.25, 0.3) is 5.76 Å². The molecule has 0 saturated carbocycles. The number of ether oxygens (including phenoxy) is 1. The molecule has 0 aromatic heterocycles. The number of hydrogen-bond acceptors (Lipinski definition) is 5. The van der Waals surface area contributed by atoms with Gasteiger partial charge in [-0.25, -0.2) is 0 Å². The third kappa shape index (κ3) is 5.82. The van der Waals surface area contributed by atoms with E-state index in [1.165, 1.54) is 0 Å². The van der Waals surface area contributed by atoms with Gasteiger partial charge in [0.25, 0.3) is 11.7 Å². The molecule has 2 aromatic rings. The second-order valence-electron chi connectivity index (χ2n) is 8.79. The van der Waals surface area contributed by atoms with Crippen LogP contribution in [0.5, 0.6) is 5.75 Å². The van der Waals surface area contributed by atoms with Gasteiger partial charge in [0.2, 0.25) is 0 Å². The summed E-state index contributed by atoms with van der Waals surface area (Å²) in [7, 11) is 3.84. The van der Waals surface area contributed by atoms with Gasteiger partial charge >= 0.3 is 0 Å². The van der Waals surface area contributed by atoms with E-state index in [2.05, 4.69) is 6.92 Å². The van der Waals surface area contributed by atoms with Crippen molar-refractivity contribution >= 4 is 17.4 Å². The van der Waals surface area contributed by atoms with E-state index in [1.54, 1.807) is 17.0 Å². The monoisotopic (exact) mass is 450 g/mol. The lowest BCUT2D eigenvalue weighted by atomic mass is 9.95. The first-order chi connectivity index (χ1) is 15.8. The second-order valence-corrected chi connectivity index (χ2v) is 8.79. The van der Waals surface area contributed by atoms with Gasteiger partial charge in [0.15, 0.2) is 0 Å². The third-order valence-corrected chi connectivity index (χ3v) is 5.84. The predicted octanol–water partition coefficient (Wildman–Crippen LogP) is 4.55. The number of likely N-dealkylation sites (tertiary alicyclic amines) is 1. The van der Waals surface area contributed by atoms with E-state index in [0.717, 1.165) is 30.4 Å². The first-order valence-corrected chi connectivity index (χ1v) is 11.6. The summed E-state index contributed by atoms with van der Waals surface area (Å²) in [5.74, 6) is -0.715. The number of likely N-dealkylation sites (N-methyl/N-ethyl adjacent to an activating group) is 1. The van der Waals surface area contributed by atoms with Gasteiger partial charge in [0, 0.05) is 18.7 Å². The minimum atomic E-state index is -0.676. The molecule has 1 amide bonds. The van der Waals surface area contributed by atoms with Gasteiger partial charge in [-0.05, 0) is 45.1 Å². The fraction of sp³-hybridized carbons (Fsp3) is 0.407. The van der Waals surface area contributed by atoms with Gasteiger partial charge < -0.3 is 19.6 Å². The number of hydrogen-bond donors (Lipinski definition) is 1. The van der Waals surface area contributed by atoms with Crippen molar-refractivity contribution in [3.05, 3.63) is 70.8 Å². The number of nitrogens with zero attached hydrogens (tertiary/aromatic N) is 2. The van der Waals surface area contributed by atoms with E-state index in [0.29, 0.717) is 31.0 Å². The first kappa shape index (κ1) is 24.5. The van der Waals surface area contributed by atoms with Crippen molar-refractivity contribution in [3.8, 4) is 5.75 Å². The van der Waals surface area contributed by atoms with Crippen LogP contribution in [0.2, 0.25) is 0 Å². The molecule has 1 aliphatic heterocycles. The van der Waals surface area contributed by atoms with Gasteiger partial charge in [-0.1, -0.05) is 61.7 Å². The van der Waals surface area contributed by atoms with E-state index in [1.807, 2.05) is 62.3 Å². The van der Waals surface area contributed by atoms with Gasteiger partial charge in [-0.15, -0.1) is 0 Å². The van der Waals surface area contributed by atoms with Crippen LogP contribution in [0, 0.1) is 6.92 Å². The lowest BCUT2D eigenvalue weighted by molar-refractivity contribution is -0.140. The fourth-order valence-electron chi connectivity index (χ4n) is 3.95. The molecule has 1 unspecified atom stereocenters. The maximum absolute atomic E-state index is 13.1. The number of carbonyl (C=O) groups is 2. The number of amides is 1. The maximum atomic E-state index is 13.1. The average Bonchev–Trinajstić information content (AvgIpc) is 3.05. The number of unbranched alkanes of at least 4 members (excludes halogenated alkanes) is 2. The number of aliphatic hydroxyl groups excluding tert-OH is 1. The van der Waals surface area contributed by atoms with Crippen molar-refractivity contribution in [2.24, 2.45) is 0 Å². The molecule has 1 N–H and O–H groups in total. The number of benzene rings is 2. The van der Waals surface area contributed by atoms with Gasteiger partial charge in [-0.2, -0.15) is 0 Å².